The Morgan fingerprint density at radius 3 is 2.89 bits per heavy atom. The molecule has 3 rings (SSSR count). The van der Waals surface area contributed by atoms with E-state index in [2.05, 4.69) is 18.3 Å². The number of hydrogen-bond acceptors (Lipinski definition) is 3. The Balaban J connectivity index is 2.04. The van der Waals surface area contributed by atoms with Crippen LogP contribution in [0.4, 0.5) is 0 Å². The summed E-state index contributed by atoms with van der Waals surface area (Å²) >= 11 is 6.17. The maximum absolute atomic E-state index is 6.17. The molecule has 2 aromatic rings. The maximum Gasteiger partial charge on any atom is 0.152 e. The molecule has 0 radical (unpaired) electrons. The third-order valence-corrected chi connectivity index (χ3v) is 4.25. The van der Waals surface area contributed by atoms with Gasteiger partial charge in [0.2, 0.25) is 0 Å². The zero-order valence-electron chi connectivity index (χ0n) is 11.2. The monoisotopic (exact) mass is 279 g/mol. The van der Waals surface area contributed by atoms with Crippen LogP contribution >= 0.6 is 11.6 Å². The molecular formula is C15H18ClNO2. The molecule has 0 aliphatic carbocycles. The van der Waals surface area contributed by atoms with Gasteiger partial charge in [-0.2, -0.15) is 0 Å². The number of benzene rings is 1. The van der Waals surface area contributed by atoms with Crippen LogP contribution in [0.25, 0.3) is 11.0 Å². The number of nitrogens with one attached hydrogen (secondary N) is 1. The normalized spacial score (nSPS) is 25.0. The molecule has 1 aliphatic rings. The summed E-state index contributed by atoms with van der Waals surface area (Å²) in [7, 11) is 1.94. The van der Waals surface area contributed by atoms with Crippen LogP contribution in [0, 0.1) is 0 Å². The van der Waals surface area contributed by atoms with Crippen molar-refractivity contribution in [1.82, 2.24) is 5.32 Å². The van der Waals surface area contributed by atoms with Gasteiger partial charge in [0.05, 0.1) is 16.7 Å². The van der Waals surface area contributed by atoms with Crippen molar-refractivity contribution in [3.8, 4) is 0 Å². The van der Waals surface area contributed by atoms with Gasteiger partial charge in [0.15, 0.2) is 5.58 Å². The van der Waals surface area contributed by atoms with Crippen molar-refractivity contribution in [2.24, 2.45) is 0 Å². The molecule has 19 heavy (non-hydrogen) atoms. The predicted octanol–water partition coefficient (Wildman–Crippen LogP) is 3.92. The number of rotatable bonds is 3. The van der Waals surface area contributed by atoms with Crippen molar-refractivity contribution in [2.75, 3.05) is 13.7 Å². The lowest BCUT2D eigenvalue weighted by molar-refractivity contribution is -0.0156. The van der Waals surface area contributed by atoms with Gasteiger partial charge >= 0.3 is 0 Å². The summed E-state index contributed by atoms with van der Waals surface area (Å²) in [5, 5.41) is 5.00. The highest BCUT2D eigenvalue weighted by atomic mass is 35.5. The van der Waals surface area contributed by atoms with Crippen molar-refractivity contribution in [3.05, 3.63) is 35.0 Å². The summed E-state index contributed by atoms with van der Waals surface area (Å²) in [5.41, 5.74) is 0.538. The molecule has 102 valence electrons. The van der Waals surface area contributed by atoms with Gasteiger partial charge in [0.25, 0.3) is 0 Å². The minimum absolute atomic E-state index is 0.0402. The molecule has 0 saturated carbocycles. The SMILES string of the molecule is CNC(c1cc2cccc(Cl)c2o1)C1(C)CCCO1. The minimum Gasteiger partial charge on any atom is -0.458 e. The molecule has 1 aromatic heterocycles. The molecule has 2 unspecified atom stereocenters. The van der Waals surface area contributed by atoms with Gasteiger partial charge in [0.1, 0.15) is 5.76 Å². The van der Waals surface area contributed by atoms with E-state index in [1.807, 2.05) is 25.2 Å². The van der Waals surface area contributed by atoms with Crippen LogP contribution in [0.2, 0.25) is 5.02 Å². The van der Waals surface area contributed by atoms with Crippen LogP contribution in [0.3, 0.4) is 0 Å². The Morgan fingerprint density at radius 1 is 1.42 bits per heavy atom. The molecule has 1 aromatic carbocycles. The average Bonchev–Trinajstić information content (AvgIpc) is 2.98. The van der Waals surface area contributed by atoms with Gasteiger partial charge in [-0.25, -0.2) is 0 Å². The van der Waals surface area contributed by atoms with Crippen LogP contribution in [-0.4, -0.2) is 19.3 Å². The van der Waals surface area contributed by atoms with Crippen LogP contribution in [0.1, 0.15) is 31.6 Å². The maximum atomic E-state index is 6.17. The van der Waals surface area contributed by atoms with E-state index in [1.165, 1.54) is 0 Å². The van der Waals surface area contributed by atoms with E-state index in [-0.39, 0.29) is 11.6 Å². The van der Waals surface area contributed by atoms with Crippen LogP contribution in [0.15, 0.2) is 28.7 Å². The van der Waals surface area contributed by atoms with Crippen molar-refractivity contribution in [2.45, 2.75) is 31.4 Å². The second-order valence-corrected chi connectivity index (χ2v) is 5.70. The van der Waals surface area contributed by atoms with Crippen LogP contribution < -0.4 is 5.32 Å². The largest absolute Gasteiger partial charge is 0.458 e. The molecular weight excluding hydrogens is 262 g/mol. The minimum atomic E-state index is -0.213. The van der Waals surface area contributed by atoms with Crippen LogP contribution in [0.5, 0.6) is 0 Å². The van der Waals surface area contributed by atoms with Crippen molar-refractivity contribution < 1.29 is 9.15 Å². The number of hydrogen-bond donors (Lipinski definition) is 1. The highest BCUT2D eigenvalue weighted by Gasteiger charge is 2.40. The molecule has 2 heterocycles. The number of para-hydroxylation sites is 1. The van der Waals surface area contributed by atoms with E-state index in [0.29, 0.717) is 5.02 Å². The van der Waals surface area contributed by atoms with Crippen molar-refractivity contribution >= 4 is 22.6 Å². The van der Waals surface area contributed by atoms with E-state index >= 15 is 0 Å². The standard InChI is InChI=1S/C15H18ClNO2/c1-15(7-4-8-18-15)14(17-2)12-9-10-5-3-6-11(16)13(10)19-12/h3,5-6,9,14,17H,4,7-8H2,1-2H3. The lowest BCUT2D eigenvalue weighted by Gasteiger charge is -2.31. The topological polar surface area (TPSA) is 34.4 Å². The Labute approximate surface area is 117 Å². The van der Waals surface area contributed by atoms with E-state index in [4.69, 9.17) is 20.8 Å². The van der Waals surface area contributed by atoms with Crippen molar-refractivity contribution in [1.29, 1.82) is 0 Å². The first-order valence-corrected chi connectivity index (χ1v) is 7.01. The first kappa shape index (κ1) is 13.0. The van der Waals surface area contributed by atoms with E-state index in [0.717, 1.165) is 36.2 Å². The average molecular weight is 280 g/mol. The number of furan rings is 1. The predicted molar refractivity (Wildman–Crippen MR) is 76.6 cm³/mol. The first-order valence-electron chi connectivity index (χ1n) is 6.63. The Bertz CT molecular complexity index is 587. The van der Waals surface area contributed by atoms with Gasteiger partial charge in [-0.3, -0.25) is 0 Å². The van der Waals surface area contributed by atoms with Gasteiger partial charge in [0, 0.05) is 12.0 Å². The number of ether oxygens (including phenoxy) is 1. The molecule has 1 N–H and O–H groups in total. The molecule has 0 spiro atoms. The summed E-state index contributed by atoms with van der Waals surface area (Å²) in [6, 6.07) is 7.89. The number of halogens is 1. The Hall–Kier alpha value is -1.03. The Kier molecular flexibility index (Phi) is 3.29. The van der Waals surface area contributed by atoms with E-state index in [9.17, 15) is 0 Å². The highest BCUT2D eigenvalue weighted by molar-refractivity contribution is 6.34. The smallest absolute Gasteiger partial charge is 0.152 e. The van der Waals surface area contributed by atoms with E-state index < -0.39 is 0 Å². The second kappa shape index (κ2) is 4.82. The number of likely N-dealkylation sites (N-methyl/N-ethyl adjacent to an activating group) is 1. The van der Waals surface area contributed by atoms with Gasteiger partial charge in [-0.1, -0.05) is 23.7 Å². The molecule has 4 heteroatoms. The fourth-order valence-electron chi connectivity index (χ4n) is 2.97. The van der Waals surface area contributed by atoms with E-state index in [1.54, 1.807) is 0 Å². The highest BCUT2D eigenvalue weighted by Crippen LogP contribution is 2.39. The fourth-order valence-corrected chi connectivity index (χ4v) is 3.19. The lowest BCUT2D eigenvalue weighted by atomic mass is 9.91. The zero-order chi connectivity index (χ0) is 13.5. The molecule has 0 amide bonds. The molecule has 1 saturated heterocycles. The van der Waals surface area contributed by atoms with Crippen molar-refractivity contribution in [3.63, 3.8) is 0 Å². The summed E-state index contributed by atoms with van der Waals surface area (Å²) < 4.78 is 11.9. The van der Waals surface area contributed by atoms with Gasteiger partial charge in [-0.05, 0) is 38.9 Å². The molecule has 1 fully saturated rings. The summed E-state index contributed by atoms with van der Waals surface area (Å²) in [4.78, 5) is 0. The third kappa shape index (κ3) is 2.16. The second-order valence-electron chi connectivity index (χ2n) is 5.29. The quantitative estimate of drug-likeness (QED) is 0.925. The summed E-state index contributed by atoms with van der Waals surface area (Å²) in [6.07, 6.45) is 2.12. The fraction of sp³-hybridized carbons (Fsp3) is 0.467. The van der Waals surface area contributed by atoms with Gasteiger partial charge in [-0.15, -0.1) is 0 Å². The molecule has 2 atom stereocenters. The summed E-state index contributed by atoms with van der Waals surface area (Å²) in [5.74, 6) is 0.884. The van der Waals surface area contributed by atoms with Gasteiger partial charge < -0.3 is 14.5 Å². The Morgan fingerprint density at radius 2 is 2.26 bits per heavy atom. The first-order chi connectivity index (χ1) is 9.14. The third-order valence-electron chi connectivity index (χ3n) is 3.95. The summed E-state index contributed by atoms with van der Waals surface area (Å²) in [6.45, 7) is 2.95. The zero-order valence-corrected chi connectivity index (χ0v) is 12.0. The lowest BCUT2D eigenvalue weighted by Crippen LogP contribution is -2.39. The number of fused-ring (bicyclic) bond motifs is 1. The molecule has 0 bridgehead atoms. The molecule has 1 aliphatic heterocycles. The molecule has 3 nitrogen and oxygen atoms in total. The van der Waals surface area contributed by atoms with Crippen LogP contribution in [-0.2, 0) is 4.74 Å².